The lowest BCUT2D eigenvalue weighted by molar-refractivity contribution is 0.102. The zero-order chi connectivity index (χ0) is 12.3. The number of rotatable bonds is 2. The van der Waals surface area contributed by atoms with Crippen molar-refractivity contribution in [2.45, 2.75) is 0 Å². The van der Waals surface area contributed by atoms with Gasteiger partial charge in [-0.1, -0.05) is 15.9 Å². The molecule has 1 amide bonds. The second-order valence-corrected chi connectivity index (χ2v) is 4.34. The summed E-state index contributed by atoms with van der Waals surface area (Å²) in [5, 5.41) is 2.76. The Morgan fingerprint density at radius 3 is 2.59 bits per heavy atom. The Kier molecular flexibility index (Phi) is 3.39. The molecule has 1 aromatic carbocycles. The number of nitrogens with one attached hydrogen (secondary N) is 1. The molecule has 4 nitrogen and oxygen atoms in total. The van der Waals surface area contributed by atoms with Gasteiger partial charge in [-0.15, -0.1) is 0 Å². The van der Waals surface area contributed by atoms with Crippen molar-refractivity contribution < 1.29 is 4.79 Å². The summed E-state index contributed by atoms with van der Waals surface area (Å²) in [6.07, 6.45) is 2.99. The summed E-state index contributed by atoms with van der Waals surface area (Å²) >= 11 is 3.33. The van der Waals surface area contributed by atoms with Crippen molar-refractivity contribution in [1.82, 2.24) is 4.98 Å². The monoisotopic (exact) mass is 291 g/mol. The SMILES string of the molecule is Nc1cnccc1C(=O)Nc1ccc(Br)cc1. The number of amides is 1. The normalized spacial score (nSPS) is 9.94. The van der Waals surface area contributed by atoms with Crippen LogP contribution in [0.3, 0.4) is 0 Å². The summed E-state index contributed by atoms with van der Waals surface area (Å²) < 4.78 is 0.957. The molecule has 3 N–H and O–H groups in total. The van der Waals surface area contributed by atoms with Crippen LogP contribution in [0.1, 0.15) is 10.4 Å². The molecule has 0 radical (unpaired) electrons. The number of benzene rings is 1. The summed E-state index contributed by atoms with van der Waals surface area (Å²) in [6.45, 7) is 0. The number of nitrogens with zero attached hydrogens (tertiary/aromatic N) is 1. The number of hydrogen-bond acceptors (Lipinski definition) is 3. The molecule has 0 spiro atoms. The Labute approximate surface area is 107 Å². The number of nitrogen functional groups attached to an aromatic ring is 1. The van der Waals surface area contributed by atoms with Crippen LogP contribution in [0.5, 0.6) is 0 Å². The number of carbonyl (C=O) groups is 1. The van der Waals surface area contributed by atoms with Crippen LogP contribution in [0.25, 0.3) is 0 Å². The highest BCUT2D eigenvalue weighted by Crippen LogP contribution is 2.16. The van der Waals surface area contributed by atoms with Crippen molar-refractivity contribution >= 4 is 33.2 Å². The van der Waals surface area contributed by atoms with Gasteiger partial charge in [0, 0.05) is 16.4 Å². The average molecular weight is 292 g/mol. The molecule has 1 aromatic heterocycles. The molecule has 0 unspecified atom stereocenters. The van der Waals surface area contributed by atoms with Crippen molar-refractivity contribution in [2.24, 2.45) is 0 Å². The maximum atomic E-state index is 11.9. The van der Waals surface area contributed by atoms with Crippen LogP contribution in [0.15, 0.2) is 47.2 Å². The Hall–Kier alpha value is -1.88. The largest absolute Gasteiger partial charge is 0.397 e. The van der Waals surface area contributed by atoms with E-state index in [0.29, 0.717) is 11.3 Å². The van der Waals surface area contributed by atoms with E-state index in [1.165, 1.54) is 12.4 Å². The van der Waals surface area contributed by atoms with Crippen molar-refractivity contribution in [3.8, 4) is 0 Å². The Morgan fingerprint density at radius 2 is 1.94 bits per heavy atom. The van der Waals surface area contributed by atoms with Gasteiger partial charge in [0.05, 0.1) is 17.4 Å². The van der Waals surface area contributed by atoms with Crippen LogP contribution < -0.4 is 11.1 Å². The van der Waals surface area contributed by atoms with E-state index in [9.17, 15) is 4.79 Å². The molecule has 0 aliphatic heterocycles. The van der Waals surface area contributed by atoms with Gasteiger partial charge < -0.3 is 11.1 Å². The van der Waals surface area contributed by atoms with Crippen LogP contribution >= 0.6 is 15.9 Å². The number of carbonyl (C=O) groups excluding carboxylic acids is 1. The van der Waals surface area contributed by atoms with Gasteiger partial charge in [-0.3, -0.25) is 9.78 Å². The fraction of sp³-hybridized carbons (Fsp3) is 0. The highest BCUT2D eigenvalue weighted by atomic mass is 79.9. The molecule has 0 bridgehead atoms. The van der Waals surface area contributed by atoms with E-state index >= 15 is 0 Å². The first kappa shape index (κ1) is 11.6. The van der Waals surface area contributed by atoms with Gasteiger partial charge in [-0.25, -0.2) is 0 Å². The highest BCUT2D eigenvalue weighted by Gasteiger charge is 2.09. The number of nitrogens with two attached hydrogens (primary N) is 1. The van der Waals surface area contributed by atoms with Crippen LogP contribution in [-0.2, 0) is 0 Å². The predicted molar refractivity (Wildman–Crippen MR) is 70.7 cm³/mol. The maximum Gasteiger partial charge on any atom is 0.257 e. The highest BCUT2D eigenvalue weighted by molar-refractivity contribution is 9.10. The minimum Gasteiger partial charge on any atom is -0.397 e. The lowest BCUT2D eigenvalue weighted by Crippen LogP contribution is -2.14. The number of aromatic nitrogens is 1. The molecule has 1 heterocycles. The third-order valence-corrected chi connectivity index (χ3v) is 2.73. The van der Waals surface area contributed by atoms with Crippen molar-refractivity contribution in [3.63, 3.8) is 0 Å². The molecule has 0 saturated carbocycles. The summed E-state index contributed by atoms with van der Waals surface area (Å²) in [4.78, 5) is 15.7. The lowest BCUT2D eigenvalue weighted by Gasteiger charge is -2.06. The number of anilines is 2. The molecular formula is C12H10BrN3O. The first-order valence-corrected chi connectivity index (χ1v) is 5.72. The lowest BCUT2D eigenvalue weighted by atomic mass is 10.2. The Morgan fingerprint density at radius 1 is 1.24 bits per heavy atom. The molecular weight excluding hydrogens is 282 g/mol. The fourth-order valence-corrected chi connectivity index (χ4v) is 1.61. The summed E-state index contributed by atoms with van der Waals surface area (Å²) in [5.74, 6) is -0.243. The first-order chi connectivity index (χ1) is 8.16. The smallest absolute Gasteiger partial charge is 0.257 e. The van der Waals surface area contributed by atoms with E-state index in [1.54, 1.807) is 18.2 Å². The molecule has 0 aliphatic rings. The van der Waals surface area contributed by atoms with Crippen molar-refractivity contribution in [2.75, 3.05) is 11.1 Å². The van der Waals surface area contributed by atoms with E-state index in [-0.39, 0.29) is 5.91 Å². The minimum atomic E-state index is -0.243. The van der Waals surface area contributed by atoms with Gasteiger partial charge in [0.2, 0.25) is 0 Å². The number of hydrogen-bond donors (Lipinski definition) is 2. The van der Waals surface area contributed by atoms with E-state index in [0.717, 1.165) is 10.2 Å². The quantitative estimate of drug-likeness (QED) is 0.894. The van der Waals surface area contributed by atoms with E-state index < -0.39 is 0 Å². The standard InChI is InChI=1S/C12H10BrN3O/c13-8-1-3-9(4-2-8)16-12(17)10-5-6-15-7-11(10)14/h1-7H,14H2,(H,16,17). The number of halogens is 1. The Bertz CT molecular complexity index is 540. The molecule has 2 rings (SSSR count). The van der Waals surface area contributed by atoms with Crippen LogP contribution in [0, 0.1) is 0 Å². The zero-order valence-corrected chi connectivity index (χ0v) is 10.4. The predicted octanol–water partition coefficient (Wildman–Crippen LogP) is 2.68. The van der Waals surface area contributed by atoms with Gasteiger partial charge in [0.15, 0.2) is 0 Å². The molecule has 86 valence electrons. The van der Waals surface area contributed by atoms with Gasteiger partial charge in [0.1, 0.15) is 0 Å². The molecule has 0 fully saturated rings. The topological polar surface area (TPSA) is 68.0 Å². The molecule has 2 aromatic rings. The minimum absolute atomic E-state index is 0.243. The first-order valence-electron chi connectivity index (χ1n) is 4.93. The van der Waals surface area contributed by atoms with E-state index in [1.807, 2.05) is 12.1 Å². The molecule has 5 heteroatoms. The van der Waals surface area contributed by atoms with Crippen LogP contribution in [0.4, 0.5) is 11.4 Å². The molecule has 0 aliphatic carbocycles. The molecule has 17 heavy (non-hydrogen) atoms. The second-order valence-electron chi connectivity index (χ2n) is 3.42. The summed E-state index contributed by atoms with van der Waals surface area (Å²) in [6, 6.07) is 8.90. The average Bonchev–Trinajstić information content (AvgIpc) is 2.32. The third kappa shape index (κ3) is 2.82. The second kappa shape index (κ2) is 4.97. The van der Waals surface area contributed by atoms with Crippen molar-refractivity contribution in [1.29, 1.82) is 0 Å². The Balaban J connectivity index is 2.17. The van der Waals surface area contributed by atoms with Gasteiger partial charge in [-0.05, 0) is 30.3 Å². The zero-order valence-electron chi connectivity index (χ0n) is 8.85. The van der Waals surface area contributed by atoms with E-state index in [4.69, 9.17) is 5.73 Å². The van der Waals surface area contributed by atoms with Crippen LogP contribution in [-0.4, -0.2) is 10.9 Å². The summed E-state index contributed by atoms with van der Waals surface area (Å²) in [5.41, 5.74) is 7.17. The number of pyridine rings is 1. The van der Waals surface area contributed by atoms with Gasteiger partial charge in [0.25, 0.3) is 5.91 Å². The van der Waals surface area contributed by atoms with Gasteiger partial charge in [-0.2, -0.15) is 0 Å². The fourth-order valence-electron chi connectivity index (χ4n) is 1.35. The van der Waals surface area contributed by atoms with Gasteiger partial charge >= 0.3 is 0 Å². The maximum absolute atomic E-state index is 11.9. The third-order valence-electron chi connectivity index (χ3n) is 2.20. The van der Waals surface area contributed by atoms with Crippen molar-refractivity contribution in [3.05, 3.63) is 52.8 Å². The summed E-state index contributed by atoms with van der Waals surface area (Å²) in [7, 11) is 0. The van der Waals surface area contributed by atoms with Crippen LogP contribution in [0.2, 0.25) is 0 Å². The molecule has 0 saturated heterocycles. The van der Waals surface area contributed by atoms with E-state index in [2.05, 4.69) is 26.2 Å². The molecule has 0 atom stereocenters.